The molecule has 0 atom stereocenters. The molecule has 17 heavy (non-hydrogen) atoms. The number of thioether (sulfide) groups is 1. The molecular formula is C11H11N3O2S. The summed E-state index contributed by atoms with van der Waals surface area (Å²) in [7, 11) is 1.84. The molecule has 1 N–H and O–H groups in total. The number of nitrogens with zero attached hydrogens (tertiary/aromatic N) is 3. The van der Waals surface area contributed by atoms with Gasteiger partial charge < -0.3 is 5.11 Å². The van der Waals surface area contributed by atoms with Gasteiger partial charge >= 0.3 is 5.97 Å². The van der Waals surface area contributed by atoms with Crippen LogP contribution >= 0.6 is 11.8 Å². The van der Waals surface area contributed by atoms with E-state index in [0.29, 0.717) is 5.56 Å². The number of aromatic nitrogens is 3. The Bertz CT molecular complexity index is 522. The van der Waals surface area contributed by atoms with E-state index in [0.717, 1.165) is 16.5 Å². The minimum absolute atomic E-state index is 0.303. The van der Waals surface area contributed by atoms with Crippen molar-refractivity contribution in [2.24, 2.45) is 7.05 Å². The lowest BCUT2D eigenvalue weighted by atomic mass is 10.1. The van der Waals surface area contributed by atoms with Gasteiger partial charge in [-0.25, -0.2) is 14.5 Å². The minimum atomic E-state index is -0.905. The van der Waals surface area contributed by atoms with Crippen molar-refractivity contribution in [3.05, 3.63) is 41.7 Å². The van der Waals surface area contributed by atoms with Crippen LogP contribution in [-0.4, -0.2) is 25.8 Å². The average molecular weight is 249 g/mol. The minimum Gasteiger partial charge on any atom is -0.478 e. The molecule has 0 amide bonds. The third kappa shape index (κ3) is 2.85. The SMILES string of the molecule is Cn1ncnc1SCc1ccc(C(=O)O)cc1. The van der Waals surface area contributed by atoms with Crippen LogP contribution < -0.4 is 0 Å². The molecule has 0 fully saturated rings. The van der Waals surface area contributed by atoms with E-state index in [2.05, 4.69) is 10.1 Å². The highest BCUT2D eigenvalue weighted by Gasteiger charge is 2.04. The van der Waals surface area contributed by atoms with Gasteiger partial charge in [-0.2, -0.15) is 5.10 Å². The molecule has 1 aromatic heterocycles. The Morgan fingerprint density at radius 2 is 2.12 bits per heavy atom. The van der Waals surface area contributed by atoms with E-state index in [4.69, 9.17) is 5.11 Å². The molecule has 2 rings (SSSR count). The lowest BCUT2D eigenvalue weighted by molar-refractivity contribution is 0.0697. The lowest BCUT2D eigenvalue weighted by Gasteiger charge is -2.01. The van der Waals surface area contributed by atoms with Crippen molar-refractivity contribution >= 4 is 17.7 Å². The maximum Gasteiger partial charge on any atom is 0.335 e. The van der Waals surface area contributed by atoms with Gasteiger partial charge in [-0.15, -0.1) is 0 Å². The summed E-state index contributed by atoms with van der Waals surface area (Å²) in [4.78, 5) is 14.8. The Labute approximate surface area is 102 Å². The molecule has 0 aliphatic rings. The number of aryl methyl sites for hydroxylation is 1. The average Bonchev–Trinajstić information content (AvgIpc) is 2.73. The number of benzene rings is 1. The normalized spacial score (nSPS) is 10.4. The Morgan fingerprint density at radius 3 is 2.65 bits per heavy atom. The van der Waals surface area contributed by atoms with Crippen LogP contribution in [-0.2, 0) is 12.8 Å². The van der Waals surface area contributed by atoms with Gasteiger partial charge in [-0.3, -0.25) is 0 Å². The summed E-state index contributed by atoms with van der Waals surface area (Å²) in [6, 6.07) is 6.84. The largest absolute Gasteiger partial charge is 0.478 e. The van der Waals surface area contributed by atoms with Gasteiger partial charge in [0.15, 0.2) is 5.16 Å². The van der Waals surface area contributed by atoms with Crippen molar-refractivity contribution < 1.29 is 9.90 Å². The molecule has 1 aromatic carbocycles. The smallest absolute Gasteiger partial charge is 0.335 e. The summed E-state index contributed by atoms with van der Waals surface area (Å²) in [5, 5.41) is 13.6. The number of carboxylic acid groups (broad SMARTS) is 1. The molecule has 0 bridgehead atoms. The zero-order valence-electron chi connectivity index (χ0n) is 9.20. The topological polar surface area (TPSA) is 68.0 Å². The highest BCUT2D eigenvalue weighted by Crippen LogP contribution is 2.19. The van der Waals surface area contributed by atoms with E-state index in [1.807, 2.05) is 19.2 Å². The lowest BCUT2D eigenvalue weighted by Crippen LogP contribution is -1.96. The van der Waals surface area contributed by atoms with Crippen LogP contribution in [0.1, 0.15) is 15.9 Å². The van der Waals surface area contributed by atoms with E-state index >= 15 is 0 Å². The number of carboxylic acids is 1. The van der Waals surface area contributed by atoms with E-state index in [1.54, 1.807) is 28.6 Å². The molecule has 0 radical (unpaired) electrons. The second-order valence-electron chi connectivity index (χ2n) is 3.46. The van der Waals surface area contributed by atoms with Crippen molar-refractivity contribution in [3.8, 4) is 0 Å². The first kappa shape index (κ1) is 11.7. The molecule has 88 valence electrons. The van der Waals surface area contributed by atoms with E-state index in [1.165, 1.54) is 6.33 Å². The molecule has 0 saturated heterocycles. The quantitative estimate of drug-likeness (QED) is 0.837. The summed E-state index contributed by atoms with van der Waals surface area (Å²) >= 11 is 1.56. The van der Waals surface area contributed by atoms with Crippen molar-refractivity contribution in [2.75, 3.05) is 0 Å². The van der Waals surface area contributed by atoms with E-state index in [9.17, 15) is 4.79 Å². The van der Waals surface area contributed by atoms with Crippen LogP contribution in [0.5, 0.6) is 0 Å². The summed E-state index contributed by atoms with van der Waals surface area (Å²) in [5.41, 5.74) is 1.36. The van der Waals surface area contributed by atoms with Crippen molar-refractivity contribution in [1.29, 1.82) is 0 Å². The van der Waals surface area contributed by atoms with Crippen molar-refractivity contribution in [3.63, 3.8) is 0 Å². The molecule has 0 aliphatic heterocycles. The predicted molar refractivity (Wildman–Crippen MR) is 64.0 cm³/mol. The van der Waals surface area contributed by atoms with Crippen LogP contribution in [0.3, 0.4) is 0 Å². The molecule has 2 aromatic rings. The Morgan fingerprint density at radius 1 is 1.41 bits per heavy atom. The van der Waals surface area contributed by atoms with Gasteiger partial charge in [-0.05, 0) is 17.7 Å². The maximum atomic E-state index is 10.7. The summed E-state index contributed by atoms with van der Waals surface area (Å²) < 4.78 is 1.70. The zero-order chi connectivity index (χ0) is 12.3. The van der Waals surface area contributed by atoms with Gasteiger partial charge in [0.1, 0.15) is 6.33 Å². The molecule has 0 aliphatic carbocycles. The predicted octanol–water partition coefficient (Wildman–Crippen LogP) is 1.81. The second kappa shape index (κ2) is 5.01. The monoisotopic (exact) mass is 249 g/mol. The first-order chi connectivity index (χ1) is 8.16. The van der Waals surface area contributed by atoms with Gasteiger partial charge in [0.25, 0.3) is 0 Å². The fraction of sp³-hybridized carbons (Fsp3) is 0.182. The maximum absolute atomic E-state index is 10.7. The Kier molecular flexibility index (Phi) is 3.43. The third-order valence-electron chi connectivity index (χ3n) is 2.24. The van der Waals surface area contributed by atoms with Crippen LogP contribution in [0.25, 0.3) is 0 Å². The number of carbonyl (C=O) groups is 1. The molecular weight excluding hydrogens is 238 g/mol. The third-order valence-corrected chi connectivity index (χ3v) is 3.34. The Hall–Kier alpha value is -1.82. The molecule has 6 heteroatoms. The first-order valence-electron chi connectivity index (χ1n) is 4.96. The summed E-state index contributed by atoms with van der Waals surface area (Å²) in [5.74, 6) is -0.163. The fourth-order valence-corrected chi connectivity index (χ4v) is 2.15. The fourth-order valence-electron chi connectivity index (χ4n) is 1.31. The van der Waals surface area contributed by atoms with Crippen LogP contribution in [0, 0.1) is 0 Å². The van der Waals surface area contributed by atoms with Crippen LogP contribution in [0.2, 0.25) is 0 Å². The highest BCUT2D eigenvalue weighted by molar-refractivity contribution is 7.98. The molecule has 0 spiro atoms. The first-order valence-corrected chi connectivity index (χ1v) is 5.94. The number of hydrogen-bond acceptors (Lipinski definition) is 4. The van der Waals surface area contributed by atoms with E-state index in [-0.39, 0.29) is 0 Å². The van der Waals surface area contributed by atoms with Gasteiger partial charge in [0, 0.05) is 12.8 Å². The molecule has 0 saturated carbocycles. The molecule has 1 heterocycles. The number of rotatable bonds is 4. The van der Waals surface area contributed by atoms with Crippen molar-refractivity contribution in [1.82, 2.24) is 14.8 Å². The Balaban J connectivity index is 2.00. The standard InChI is InChI=1S/C11H11N3O2S/c1-14-11(12-7-13-14)17-6-8-2-4-9(5-3-8)10(15)16/h2-5,7H,6H2,1H3,(H,15,16). The van der Waals surface area contributed by atoms with Crippen molar-refractivity contribution in [2.45, 2.75) is 10.9 Å². The highest BCUT2D eigenvalue weighted by atomic mass is 32.2. The van der Waals surface area contributed by atoms with Gasteiger partial charge in [0.2, 0.25) is 0 Å². The molecule has 5 nitrogen and oxygen atoms in total. The number of hydrogen-bond donors (Lipinski definition) is 1. The van der Waals surface area contributed by atoms with Crippen LogP contribution in [0.15, 0.2) is 35.7 Å². The summed E-state index contributed by atoms with van der Waals surface area (Å²) in [6.07, 6.45) is 1.51. The van der Waals surface area contributed by atoms with E-state index < -0.39 is 5.97 Å². The molecule has 0 unspecified atom stereocenters. The summed E-state index contributed by atoms with van der Waals surface area (Å²) in [6.45, 7) is 0. The van der Waals surface area contributed by atoms with Crippen LogP contribution in [0.4, 0.5) is 0 Å². The number of aromatic carboxylic acids is 1. The van der Waals surface area contributed by atoms with Gasteiger partial charge in [0.05, 0.1) is 5.56 Å². The zero-order valence-corrected chi connectivity index (χ0v) is 10.0. The van der Waals surface area contributed by atoms with Gasteiger partial charge in [-0.1, -0.05) is 23.9 Å². The second-order valence-corrected chi connectivity index (χ2v) is 4.40.